The molecule has 0 aromatic heterocycles. The zero-order valence-corrected chi connectivity index (χ0v) is 8.59. The van der Waals surface area contributed by atoms with Crippen molar-refractivity contribution in [3.63, 3.8) is 0 Å². The van der Waals surface area contributed by atoms with E-state index in [-0.39, 0.29) is 5.75 Å². The average Bonchev–Trinajstić information content (AvgIpc) is 2.16. The normalized spacial score (nSPS) is 9.93. The predicted octanol–water partition coefficient (Wildman–Crippen LogP) is 3.05. The van der Waals surface area contributed by atoms with Crippen LogP contribution in [-0.4, -0.2) is 6.61 Å². The fraction of sp³-hybridized carbons (Fsp3) is 0.222. The predicted molar refractivity (Wildman–Crippen MR) is 50.4 cm³/mol. The lowest BCUT2D eigenvalue weighted by molar-refractivity contribution is -0.0498. The second-order valence-corrected chi connectivity index (χ2v) is 3.05. The molecule has 0 spiro atoms. The van der Waals surface area contributed by atoms with Gasteiger partial charge in [0.2, 0.25) is 0 Å². The Kier molecular flexibility index (Phi) is 3.84. The van der Waals surface area contributed by atoms with Crippen molar-refractivity contribution in [3.8, 4) is 11.8 Å². The lowest BCUT2D eigenvalue weighted by Crippen LogP contribution is -2.02. The van der Waals surface area contributed by atoms with Crippen LogP contribution in [0.25, 0.3) is 0 Å². The van der Waals surface area contributed by atoms with Gasteiger partial charge in [-0.25, -0.2) is 0 Å². The highest BCUT2D eigenvalue weighted by Gasteiger charge is 2.06. The summed E-state index contributed by atoms with van der Waals surface area (Å²) < 4.78 is 27.9. The van der Waals surface area contributed by atoms with Gasteiger partial charge in [0.1, 0.15) is 5.75 Å². The SMILES string of the molecule is N#Cc1cc(CBr)cc(OC(F)F)c1. The molecule has 0 unspecified atom stereocenters. The van der Waals surface area contributed by atoms with Crippen LogP contribution >= 0.6 is 15.9 Å². The molecular formula is C9H6BrF2NO. The quantitative estimate of drug-likeness (QED) is 0.784. The summed E-state index contributed by atoms with van der Waals surface area (Å²) in [6.07, 6.45) is 0. The van der Waals surface area contributed by atoms with Gasteiger partial charge in [-0.3, -0.25) is 0 Å². The lowest BCUT2D eigenvalue weighted by atomic mass is 10.1. The van der Waals surface area contributed by atoms with Gasteiger partial charge in [-0.05, 0) is 23.8 Å². The minimum Gasteiger partial charge on any atom is -0.435 e. The van der Waals surface area contributed by atoms with E-state index in [1.165, 1.54) is 12.1 Å². The van der Waals surface area contributed by atoms with E-state index in [0.29, 0.717) is 10.9 Å². The van der Waals surface area contributed by atoms with Crippen LogP contribution in [-0.2, 0) is 5.33 Å². The zero-order chi connectivity index (χ0) is 10.6. The first-order valence-electron chi connectivity index (χ1n) is 3.70. The van der Waals surface area contributed by atoms with Gasteiger partial charge >= 0.3 is 6.61 Å². The van der Waals surface area contributed by atoms with Crippen molar-refractivity contribution < 1.29 is 13.5 Å². The van der Waals surface area contributed by atoms with E-state index in [9.17, 15) is 8.78 Å². The maximum Gasteiger partial charge on any atom is 0.387 e. The zero-order valence-electron chi connectivity index (χ0n) is 7.01. The van der Waals surface area contributed by atoms with E-state index in [2.05, 4.69) is 20.7 Å². The third-order valence-electron chi connectivity index (χ3n) is 1.47. The fourth-order valence-corrected chi connectivity index (χ4v) is 1.30. The van der Waals surface area contributed by atoms with E-state index in [1.807, 2.05) is 6.07 Å². The third-order valence-corrected chi connectivity index (χ3v) is 2.12. The van der Waals surface area contributed by atoms with Gasteiger partial charge in [0.15, 0.2) is 0 Å². The molecule has 0 aliphatic heterocycles. The number of halogens is 3. The minimum absolute atomic E-state index is 0.00787. The van der Waals surface area contributed by atoms with Gasteiger partial charge in [-0.1, -0.05) is 15.9 Å². The van der Waals surface area contributed by atoms with Crippen LogP contribution in [0, 0.1) is 11.3 Å². The summed E-state index contributed by atoms with van der Waals surface area (Å²) in [5.74, 6) is 0.00787. The summed E-state index contributed by atoms with van der Waals surface area (Å²) >= 11 is 3.17. The summed E-state index contributed by atoms with van der Waals surface area (Å²) in [4.78, 5) is 0. The first-order valence-corrected chi connectivity index (χ1v) is 4.82. The second kappa shape index (κ2) is 4.91. The molecule has 2 nitrogen and oxygen atoms in total. The van der Waals surface area contributed by atoms with Gasteiger partial charge < -0.3 is 4.74 Å². The van der Waals surface area contributed by atoms with E-state index in [1.54, 1.807) is 6.07 Å². The molecule has 0 radical (unpaired) electrons. The maximum atomic E-state index is 11.9. The maximum absolute atomic E-state index is 11.9. The van der Waals surface area contributed by atoms with Gasteiger partial charge in [-0.15, -0.1) is 0 Å². The van der Waals surface area contributed by atoms with Crippen LogP contribution in [0.4, 0.5) is 8.78 Å². The number of hydrogen-bond acceptors (Lipinski definition) is 2. The summed E-state index contributed by atoms with van der Waals surface area (Å²) in [7, 11) is 0. The molecular weight excluding hydrogens is 256 g/mol. The molecule has 0 aliphatic carbocycles. The molecule has 0 aliphatic rings. The Morgan fingerprint density at radius 1 is 1.43 bits per heavy atom. The number of nitriles is 1. The molecule has 5 heteroatoms. The fourth-order valence-electron chi connectivity index (χ4n) is 0.973. The van der Waals surface area contributed by atoms with Crippen LogP contribution in [0.5, 0.6) is 5.75 Å². The Morgan fingerprint density at radius 3 is 2.64 bits per heavy atom. The molecule has 1 aromatic rings. The van der Waals surface area contributed by atoms with Crippen molar-refractivity contribution in [3.05, 3.63) is 29.3 Å². The van der Waals surface area contributed by atoms with Gasteiger partial charge in [0, 0.05) is 5.33 Å². The number of ether oxygens (including phenoxy) is 1. The van der Waals surface area contributed by atoms with E-state index in [0.717, 1.165) is 5.56 Å². The molecule has 0 heterocycles. The van der Waals surface area contributed by atoms with Crippen LogP contribution in [0.2, 0.25) is 0 Å². The number of nitrogens with zero attached hydrogens (tertiary/aromatic N) is 1. The highest BCUT2D eigenvalue weighted by Crippen LogP contribution is 2.20. The Labute approximate surface area is 88.2 Å². The molecule has 0 saturated carbocycles. The monoisotopic (exact) mass is 261 g/mol. The van der Waals surface area contributed by atoms with Gasteiger partial charge in [-0.2, -0.15) is 14.0 Å². The van der Waals surface area contributed by atoms with Gasteiger partial charge in [0.25, 0.3) is 0 Å². The van der Waals surface area contributed by atoms with Crippen LogP contribution in [0.3, 0.4) is 0 Å². The van der Waals surface area contributed by atoms with E-state index < -0.39 is 6.61 Å². The van der Waals surface area contributed by atoms with Gasteiger partial charge in [0.05, 0.1) is 11.6 Å². The molecule has 14 heavy (non-hydrogen) atoms. The minimum atomic E-state index is -2.87. The summed E-state index contributed by atoms with van der Waals surface area (Å²) in [5, 5.41) is 9.10. The summed E-state index contributed by atoms with van der Waals surface area (Å²) in [6.45, 7) is -2.87. The number of hydrogen-bond donors (Lipinski definition) is 0. The van der Waals surface area contributed by atoms with E-state index in [4.69, 9.17) is 5.26 Å². The highest BCUT2D eigenvalue weighted by molar-refractivity contribution is 9.08. The number of alkyl halides is 3. The molecule has 0 N–H and O–H groups in total. The summed E-state index contributed by atoms with van der Waals surface area (Å²) in [5.41, 5.74) is 1.03. The molecule has 0 atom stereocenters. The number of benzene rings is 1. The van der Waals surface area contributed by atoms with Crippen molar-refractivity contribution >= 4 is 15.9 Å². The molecule has 74 valence electrons. The molecule has 0 amide bonds. The van der Waals surface area contributed by atoms with E-state index >= 15 is 0 Å². The smallest absolute Gasteiger partial charge is 0.387 e. The van der Waals surface area contributed by atoms with Crippen LogP contribution in [0.15, 0.2) is 18.2 Å². The topological polar surface area (TPSA) is 33.0 Å². The van der Waals surface area contributed by atoms with Crippen molar-refractivity contribution in [1.82, 2.24) is 0 Å². The van der Waals surface area contributed by atoms with Crippen molar-refractivity contribution in [1.29, 1.82) is 5.26 Å². The van der Waals surface area contributed by atoms with Crippen molar-refractivity contribution in [2.24, 2.45) is 0 Å². The molecule has 0 fully saturated rings. The standard InChI is InChI=1S/C9H6BrF2NO/c10-4-6-1-7(5-13)3-8(2-6)14-9(11)12/h1-3,9H,4H2. The van der Waals surface area contributed by atoms with Crippen LogP contribution < -0.4 is 4.74 Å². The second-order valence-electron chi connectivity index (χ2n) is 2.49. The molecule has 1 aromatic carbocycles. The Balaban J connectivity index is 3.00. The third kappa shape index (κ3) is 2.96. The Hall–Kier alpha value is -1.15. The average molecular weight is 262 g/mol. The first kappa shape index (κ1) is 10.9. The Morgan fingerprint density at radius 2 is 2.14 bits per heavy atom. The first-order chi connectivity index (χ1) is 6.65. The van der Waals surface area contributed by atoms with Crippen LogP contribution in [0.1, 0.15) is 11.1 Å². The molecule has 1 rings (SSSR count). The summed E-state index contributed by atoms with van der Waals surface area (Å²) in [6, 6.07) is 6.21. The largest absolute Gasteiger partial charge is 0.435 e. The number of rotatable bonds is 3. The molecule has 0 saturated heterocycles. The van der Waals surface area contributed by atoms with Crippen molar-refractivity contribution in [2.45, 2.75) is 11.9 Å². The molecule has 0 bridgehead atoms. The van der Waals surface area contributed by atoms with Crippen molar-refractivity contribution in [2.75, 3.05) is 0 Å². The Bertz CT molecular complexity index is 362. The lowest BCUT2D eigenvalue weighted by Gasteiger charge is -2.06. The highest BCUT2D eigenvalue weighted by atomic mass is 79.9.